The molecule has 2 aliphatic rings. The van der Waals surface area contributed by atoms with Crippen molar-refractivity contribution >= 4 is 17.3 Å². The second-order valence-corrected chi connectivity index (χ2v) is 8.29. The van der Waals surface area contributed by atoms with Gasteiger partial charge in [0.25, 0.3) is 0 Å². The maximum absolute atomic E-state index is 9.36. The maximum Gasteiger partial charge on any atom is 0.191 e. The van der Waals surface area contributed by atoms with Gasteiger partial charge in [-0.1, -0.05) is 0 Å². The number of nitrogens with zero attached hydrogens (tertiary/aromatic N) is 2. The SMILES string of the molecule is CCNC(=NCC1(CCO)CCOC1)NCCN1CCc2sccc2C1. The summed E-state index contributed by atoms with van der Waals surface area (Å²) in [5.41, 5.74) is 1.49. The third-order valence-corrected chi connectivity index (χ3v) is 6.37. The molecule has 0 amide bonds. The Morgan fingerprint density at radius 1 is 1.46 bits per heavy atom. The Morgan fingerprint density at radius 3 is 3.15 bits per heavy atom. The van der Waals surface area contributed by atoms with Crippen molar-refractivity contribution in [3.8, 4) is 0 Å². The molecule has 0 radical (unpaired) electrons. The van der Waals surface area contributed by atoms with Crippen LogP contribution < -0.4 is 10.6 Å². The van der Waals surface area contributed by atoms with Gasteiger partial charge in [-0.25, -0.2) is 0 Å². The van der Waals surface area contributed by atoms with Crippen LogP contribution in [-0.4, -0.2) is 68.5 Å². The zero-order valence-electron chi connectivity index (χ0n) is 15.8. The molecule has 1 aromatic heterocycles. The van der Waals surface area contributed by atoms with Gasteiger partial charge in [-0.05, 0) is 43.2 Å². The van der Waals surface area contributed by atoms with E-state index in [1.54, 1.807) is 4.88 Å². The Balaban J connectivity index is 1.47. The predicted octanol–water partition coefficient (Wildman–Crippen LogP) is 1.45. The van der Waals surface area contributed by atoms with Gasteiger partial charge in [0.15, 0.2) is 5.96 Å². The van der Waals surface area contributed by atoms with Crippen LogP contribution in [0.4, 0.5) is 0 Å². The second-order valence-electron chi connectivity index (χ2n) is 7.29. The molecule has 6 nitrogen and oxygen atoms in total. The van der Waals surface area contributed by atoms with E-state index in [4.69, 9.17) is 9.73 Å². The zero-order chi connectivity index (χ0) is 18.2. The highest BCUT2D eigenvalue weighted by Gasteiger charge is 2.34. The number of guanidine groups is 1. The summed E-state index contributed by atoms with van der Waals surface area (Å²) in [4.78, 5) is 8.84. The summed E-state index contributed by atoms with van der Waals surface area (Å²) in [7, 11) is 0. The van der Waals surface area contributed by atoms with Crippen molar-refractivity contribution in [1.29, 1.82) is 0 Å². The molecule has 3 heterocycles. The molecule has 2 aliphatic heterocycles. The van der Waals surface area contributed by atoms with Gasteiger partial charge in [0.2, 0.25) is 0 Å². The Bertz CT molecular complexity index is 584. The summed E-state index contributed by atoms with van der Waals surface area (Å²) in [5.74, 6) is 0.866. The van der Waals surface area contributed by atoms with Crippen LogP contribution in [0.25, 0.3) is 0 Å². The summed E-state index contributed by atoms with van der Waals surface area (Å²) in [6.45, 7) is 9.41. The fraction of sp³-hybridized carbons (Fsp3) is 0.737. The van der Waals surface area contributed by atoms with Gasteiger partial charge in [-0.15, -0.1) is 11.3 Å². The number of ether oxygens (including phenoxy) is 1. The average Bonchev–Trinajstić information content (AvgIpc) is 3.29. The van der Waals surface area contributed by atoms with Crippen molar-refractivity contribution in [3.05, 3.63) is 21.9 Å². The lowest BCUT2D eigenvalue weighted by atomic mass is 9.84. The third kappa shape index (κ3) is 5.19. The lowest BCUT2D eigenvalue weighted by Crippen LogP contribution is -2.43. The molecule has 1 fully saturated rings. The molecule has 1 saturated heterocycles. The van der Waals surface area contributed by atoms with Gasteiger partial charge in [0.05, 0.1) is 13.2 Å². The maximum atomic E-state index is 9.36. The minimum Gasteiger partial charge on any atom is -0.396 e. The van der Waals surface area contributed by atoms with Crippen LogP contribution in [0.15, 0.2) is 16.4 Å². The molecule has 0 spiro atoms. The van der Waals surface area contributed by atoms with E-state index >= 15 is 0 Å². The minimum atomic E-state index is -0.000673. The van der Waals surface area contributed by atoms with Crippen molar-refractivity contribution in [2.45, 2.75) is 32.7 Å². The molecule has 26 heavy (non-hydrogen) atoms. The van der Waals surface area contributed by atoms with Crippen LogP contribution in [-0.2, 0) is 17.7 Å². The molecule has 1 atom stereocenters. The number of nitrogens with one attached hydrogen (secondary N) is 2. The Kier molecular flexibility index (Phi) is 7.31. The van der Waals surface area contributed by atoms with Crippen LogP contribution in [0, 0.1) is 5.41 Å². The smallest absolute Gasteiger partial charge is 0.191 e. The van der Waals surface area contributed by atoms with Crippen LogP contribution in [0.3, 0.4) is 0 Å². The Labute approximate surface area is 160 Å². The van der Waals surface area contributed by atoms with Crippen LogP contribution in [0.1, 0.15) is 30.2 Å². The lowest BCUT2D eigenvalue weighted by Gasteiger charge is -2.27. The highest BCUT2D eigenvalue weighted by atomic mass is 32.1. The van der Waals surface area contributed by atoms with Crippen molar-refractivity contribution < 1.29 is 9.84 Å². The molecule has 3 N–H and O–H groups in total. The van der Waals surface area contributed by atoms with E-state index in [1.165, 1.54) is 12.0 Å². The molecule has 7 heteroatoms. The lowest BCUT2D eigenvalue weighted by molar-refractivity contribution is 0.131. The first-order valence-electron chi connectivity index (χ1n) is 9.73. The first-order chi connectivity index (χ1) is 12.7. The van der Waals surface area contributed by atoms with Crippen molar-refractivity contribution in [3.63, 3.8) is 0 Å². The van der Waals surface area contributed by atoms with E-state index in [0.29, 0.717) is 13.2 Å². The van der Waals surface area contributed by atoms with E-state index in [9.17, 15) is 5.11 Å². The molecule has 3 rings (SSSR count). The number of rotatable bonds is 8. The van der Waals surface area contributed by atoms with Gasteiger partial charge in [-0.2, -0.15) is 0 Å². The summed E-state index contributed by atoms with van der Waals surface area (Å²) in [5, 5.41) is 18.4. The highest BCUT2D eigenvalue weighted by molar-refractivity contribution is 7.10. The quantitative estimate of drug-likeness (QED) is 0.470. The standard InChI is InChI=1S/C19H32N4O2S/c1-2-20-18(22-14-19(5-10-24)6-11-25-15-19)21-7-9-23-8-3-17-16(13-23)4-12-26-17/h4,12,24H,2-3,5-11,13-15H2,1H3,(H2,20,21,22). The fourth-order valence-corrected chi connectivity index (χ4v) is 4.60. The van der Waals surface area contributed by atoms with Gasteiger partial charge >= 0.3 is 0 Å². The van der Waals surface area contributed by atoms with E-state index in [2.05, 4.69) is 33.9 Å². The van der Waals surface area contributed by atoms with Crippen molar-refractivity contribution in [1.82, 2.24) is 15.5 Å². The largest absolute Gasteiger partial charge is 0.396 e. The van der Waals surface area contributed by atoms with Crippen LogP contribution >= 0.6 is 11.3 Å². The normalized spacial score (nSPS) is 23.8. The summed E-state index contributed by atoms with van der Waals surface area (Å²) in [6.07, 6.45) is 2.91. The van der Waals surface area contributed by atoms with Gasteiger partial charge in [-0.3, -0.25) is 9.89 Å². The molecule has 0 aliphatic carbocycles. The summed E-state index contributed by atoms with van der Waals surface area (Å²) >= 11 is 1.89. The van der Waals surface area contributed by atoms with Crippen LogP contribution in [0.5, 0.6) is 0 Å². The molecule has 0 saturated carbocycles. The molecule has 1 aromatic rings. The second kappa shape index (κ2) is 9.69. The molecular formula is C19H32N4O2S. The van der Waals surface area contributed by atoms with E-state index in [-0.39, 0.29) is 12.0 Å². The number of aliphatic imine (C=N–C) groups is 1. The minimum absolute atomic E-state index is 0.000673. The van der Waals surface area contributed by atoms with E-state index < -0.39 is 0 Å². The van der Waals surface area contributed by atoms with Gasteiger partial charge in [0, 0.05) is 56.2 Å². The fourth-order valence-electron chi connectivity index (χ4n) is 3.71. The van der Waals surface area contributed by atoms with Crippen molar-refractivity contribution in [2.24, 2.45) is 10.4 Å². The third-order valence-electron chi connectivity index (χ3n) is 5.35. The Hall–Kier alpha value is -1.15. The molecule has 1 unspecified atom stereocenters. The van der Waals surface area contributed by atoms with E-state index in [0.717, 1.165) is 58.1 Å². The number of fused-ring (bicyclic) bond motifs is 1. The van der Waals surface area contributed by atoms with Gasteiger partial charge in [0.1, 0.15) is 0 Å². The summed E-state index contributed by atoms with van der Waals surface area (Å²) < 4.78 is 5.56. The van der Waals surface area contributed by atoms with Crippen LogP contribution in [0.2, 0.25) is 0 Å². The Morgan fingerprint density at radius 2 is 2.38 bits per heavy atom. The number of hydrogen-bond donors (Lipinski definition) is 3. The molecule has 0 bridgehead atoms. The number of aliphatic hydroxyl groups excluding tert-OH is 1. The highest BCUT2D eigenvalue weighted by Crippen LogP contribution is 2.32. The predicted molar refractivity (Wildman–Crippen MR) is 107 cm³/mol. The molecular weight excluding hydrogens is 348 g/mol. The topological polar surface area (TPSA) is 69.1 Å². The molecule has 0 aromatic carbocycles. The first kappa shape index (κ1) is 19.6. The average molecular weight is 381 g/mol. The first-order valence-corrected chi connectivity index (χ1v) is 10.6. The number of thiophene rings is 1. The monoisotopic (exact) mass is 380 g/mol. The van der Waals surface area contributed by atoms with Crippen molar-refractivity contribution in [2.75, 3.05) is 52.5 Å². The number of aliphatic hydroxyl groups is 1. The number of hydrogen-bond acceptors (Lipinski definition) is 5. The van der Waals surface area contributed by atoms with Gasteiger partial charge < -0.3 is 20.5 Å². The van der Waals surface area contributed by atoms with E-state index in [1.807, 2.05) is 11.3 Å². The zero-order valence-corrected chi connectivity index (χ0v) is 16.6. The summed E-state index contributed by atoms with van der Waals surface area (Å²) in [6, 6.07) is 2.26. The molecule has 146 valence electrons.